The Balaban J connectivity index is 2.06. The van der Waals surface area contributed by atoms with Gasteiger partial charge in [-0.25, -0.2) is 4.79 Å². The lowest BCUT2D eigenvalue weighted by atomic mass is 9.98. The predicted molar refractivity (Wildman–Crippen MR) is 86.6 cm³/mol. The van der Waals surface area contributed by atoms with Crippen LogP contribution in [0.2, 0.25) is 0 Å². The third-order valence-electron chi connectivity index (χ3n) is 3.09. The lowest BCUT2D eigenvalue weighted by Crippen LogP contribution is -2.36. The Hall–Kier alpha value is -1.55. The molecular formula is C17H28N2O2. The molecule has 0 aliphatic rings. The number of benzene rings is 1. The van der Waals surface area contributed by atoms with Crippen molar-refractivity contribution in [3.63, 3.8) is 0 Å². The molecule has 0 fully saturated rings. The van der Waals surface area contributed by atoms with Gasteiger partial charge in [0, 0.05) is 13.1 Å². The number of hydrogen-bond donors (Lipinski definition) is 2. The van der Waals surface area contributed by atoms with E-state index in [4.69, 9.17) is 4.74 Å². The summed E-state index contributed by atoms with van der Waals surface area (Å²) >= 11 is 0. The van der Waals surface area contributed by atoms with Crippen molar-refractivity contribution in [3.05, 3.63) is 35.9 Å². The average molecular weight is 292 g/mol. The van der Waals surface area contributed by atoms with Gasteiger partial charge in [-0.3, -0.25) is 0 Å². The van der Waals surface area contributed by atoms with Gasteiger partial charge >= 0.3 is 6.09 Å². The summed E-state index contributed by atoms with van der Waals surface area (Å²) in [6.07, 6.45) is 0.721. The number of nitrogens with one attached hydrogen (secondary N) is 2. The molecule has 21 heavy (non-hydrogen) atoms. The number of rotatable bonds is 7. The van der Waals surface area contributed by atoms with Crippen molar-refractivity contribution < 1.29 is 9.53 Å². The largest absolute Gasteiger partial charge is 0.444 e. The van der Waals surface area contributed by atoms with E-state index in [2.05, 4.69) is 41.8 Å². The molecule has 1 amide bonds. The number of hydrogen-bond acceptors (Lipinski definition) is 3. The molecule has 0 spiro atoms. The zero-order valence-electron chi connectivity index (χ0n) is 13.6. The topological polar surface area (TPSA) is 50.4 Å². The first-order valence-corrected chi connectivity index (χ1v) is 7.61. The zero-order valence-corrected chi connectivity index (χ0v) is 13.6. The van der Waals surface area contributed by atoms with Gasteiger partial charge in [0.25, 0.3) is 0 Å². The Morgan fingerprint density at radius 2 is 1.81 bits per heavy atom. The van der Waals surface area contributed by atoms with Crippen molar-refractivity contribution in [1.29, 1.82) is 0 Å². The van der Waals surface area contributed by atoms with Crippen molar-refractivity contribution in [2.24, 2.45) is 0 Å². The molecule has 0 aliphatic carbocycles. The van der Waals surface area contributed by atoms with Crippen LogP contribution in [0.1, 0.15) is 45.6 Å². The Morgan fingerprint density at radius 3 is 2.43 bits per heavy atom. The van der Waals surface area contributed by atoms with Gasteiger partial charge in [0.2, 0.25) is 0 Å². The van der Waals surface area contributed by atoms with Crippen molar-refractivity contribution in [2.45, 2.75) is 45.6 Å². The number of ether oxygens (including phenoxy) is 1. The minimum atomic E-state index is -0.442. The number of amides is 1. The fraction of sp³-hybridized carbons (Fsp3) is 0.588. The van der Waals surface area contributed by atoms with Gasteiger partial charge in [-0.05, 0) is 45.2 Å². The Bertz CT molecular complexity index is 413. The van der Waals surface area contributed by atoms with E-state index in [1.54, 1.807) is 0 Å². The van der Waals surface area contributed by atoms with E-state index in [0.29, 0.717) is 12.5 Å². The smallest absolute Gasteiger partial charge is 0.407 e. The fourth-order valence-electron chi connectivity index (χ4n) is 1.96. The van der Waals surface area contributed by atoms with Gasteiger partial charge in [0.15, 0.2) is 0 Å². The minimum Gasteiger partial charge on any atom is -0.444 e. The molecule has 0 heterocycles. The predicted octanol–water partition coefficient (Wildman–Crippen LogP) is 3.29. The Labute approximate surface area is 128 Å². The summed E-state index contributed by atoms with van der Waals surface area (Å²) in [4.78, 5) is 11.4. The van der Waals surface area contributed by atoms with E-state index >= 15 is 0 Å². The second-order valence-electron chi connectivity index (χ2n) is 6.28. The number of carbonyl (C=O) groups excluding carboxylic acids is 1. The second kappa shape index (κ2) is 8.67. The standard InChI is InChI=1S/C17H28N2O2/c1-14(15-8-6-5-7-9-15)10-11-18-12-13-19-16(20)21-17(2,3)4/h5-9,14,18H,10-13H2,1-4H3,(H,19,20). The summed E-state index contributed by atoms with van der Waals surface area (Å²) in [5.41, 5.74) is 0.925. The van der Waals surface area contributed by atoms with Crippen LogP contribution in [-0.2, 0) is 4.74 Å². The molecular weight excluding hydrogens is 264 g/mol. The van der Waals surface area contributed by atoms with Crippen LogP contribution in [0.5, 0.6) is 0 Å². The number of alkyl carbamates (subject to hydrolysis) is 1. The first-order chi connectivity index (χ1) is 9.88. The van der Waals surface area contributed by atoms with Crippen LogP contribution in [-0.4, -0.2) is 31.3 Å². The van der Waals surface area contributed by atoms with Crippen molar-refractivity contribution >= 4 is 6.09 Å². The van der Waals surface area contributed by atoms with E-state index in [1.165, 1.54) is 5.56 Å². The van der Waals surface area contributed by atoms with Crippen molar-refractivity contribution in [2.75, 3.05) is 19.6 Å². The van der Waals surface area contributed by atoms with Crippen molar-refractivity contribution in [3.8, 4) is 0 Å². The van der Waals surface area contributed by atoms with E-state index in [9.17, 15) is 4.79 Å². The normalized spacial score (nSPS) is 12.8. The molecule has 0 aliphatic heterocycles. The van der Waals surface area contributed by atoms with Gasteiger partial charge in [-0.2, -0.15) is 0 Å². The average Bonchev–Trinajstić information content (AvgIpc) is 2.41. The fourth-order valence-corrected chi connectivity index (χ4v) is 1.96. The maximum Gasteiger partial charge on any atom is 0.407 e. The summed E-state index contributed by atoms with van der Waals surface area (Å²) in [6, 6.07) is 10.5. The van der Waals surface area contributed by atoms with Crippen LogP contribution >= 0.6 is 0 Å². The molecule has 4 nitrogen and oxygen atoms in total. The van der Waals surface area contributed by atoms with Crippen LogP contribution in [0, 0.1) is 0 Å². The van der Waals surface area contributed by atoms with Crippen LogP contribution in [0.15, 0.2) is 30.3 Å². The first kappa shape index (κ1) is 17.5. The maximum atomic E-state index is 11.4. The summed E-state index contributed by atoms with van der Waals surface area (Å²) < 4.78 is 5.16. The van der Waals surface area contributed by atoms with Gasteiger partial charge in [-0.15, -0.1) is 0 Å². The molecule has 0 bridgehead atoms. The highest BCUT2D eigenvalue weighted by Gasteiger charge is 2.15. The molecule has 2 N–H and O–H groups in total. The minimum absolute atomic E-state index is 0.359. The lowest BCUT2D eigenvalue weighted by Gasteiger charge is -2.19. The highest BCUT2D eigenvalue weighted by Crippen LogP contribution is 2.17. The molecule has 118 valence electrons. The van der Waals surface area contributed by atoms with Gasteiger partial charge < -0.3 is 15.4 Å². The second-order valence-corrected chi connectivity index (χ2v) is 6.28. The summed E-state index contributed by atoms with van der Waals surface area (Å²) in [5.74, 6) is 0.539. The third kappa shape index (κ3) is 8.35. The zero-order chi connectivity index (χ0) is 15.7. The SMILES string of the molecule is CC(CCNCCNC(=O)OC(C)(C)C)c1ccccc1. The van der Waals surface area contributed by atoms with Gasteiger partial charge in [-0.1, -0.05) is 37.3 Å². The summed E-state index contributed by atoms with van der Waals surface area (Å²) in [7, 11) is 0. The van der Waals surface area contributed by atoms with E-state index in [0.717, 1.165) is 19.5 Å². The molecule has 0 saturated carbocycles. The van der Waals surface area contributed by atoms with E-state index < -0.39 is 5.60 Å². The molecule has 1 atom stereocenters. The van der Waals surface area contributed by atoms with E-state index in [1.807, 2.05) is 26.8 Å². The Kier molecular flexibility index (Phi) is 7.23. The highest BCUT2D eigenvalue weighted by molar-refractivity contribution is 5.67. The van der Waals surface area contributed by atoms with Crippen molar-refractivity contribution in [1.82, 2.24) is 10.6 Å². The molecule has 0 radical (unpaired) electrons. The highest BCUT2D eigenvalue weighted by atomic mass is 16.6. The summed E-state index contributed by atoms with van der Waals surface area (Å²) in [6.45, 7) is 10.1. The maximum absolute atomic E-state index is 11.4. The third-order valence-corrected chi connectivity index (χ3v) is 3.09. The molecule has 4 heteroatoms. The quantitative estimate of drug-likeness (QED) is 0.758. The van der Waals surface area contributed by atoms with Gasteiger partial charge in [0.1, 0.15) is 5.60 Å². The van der Waals surface area contributed by atoms with Crippen LogP contribution in [0.25, 0.3) is 0 Å². The molecule has 0 saturated heterocycles. The molecule has 1 rings (SSSR count). The van der Waals surface area contributed by atoms with Crippen LogP contribution in [0.3, 0.4) is 0 Å². The van der Waals surface area contributed by atoms with Gasteiger partial charge in [0.05, 0.1) is 0 Å². The molecule has 1 aromatic carbocycles. The van der Waals surface area contributed by atoms with E-state index in [-0.39, 0.29) is 6.09 Å². The monoisotopic (exact) mass is 292 g/mol. The number of carbonyl (C=O) groups is 1. The first-order valence-electron chi connectivity index (χ1n) is 7.61. The van der Waals surface area contributed by atoms with Crippen LogP contribution < -0.4 is 10.6 Å². The molecule has 0 aromatic heterocycles. The molecule has 1 unspecified atom stereocenters. The Morgan fingerprint density at radius 1 is 1.14 bits per heavy atom. The molecule has 1 aromatic rings. The van der Waals surface area contributed by atoms with Crippen LogP contribution in [0.4, 0.5) is 4.79 Å². The summed E-state index contributed by atoms with van der Waals surface area (Å²) in [5, 5.41) is 6.07. The lowest BCUT2D eigenvalue weighted by molar-refractivity contribution is 0.0528.